The number of hydrogen-bond acceptors (Lipinski definition) is 3. The van der Waals surface area contributed by atoms with Crippen LogP contribution in [0, 0.1) is 20.8 Å². The zero-order valence-corrected chi connectivity index (χ0v) is 18.5. The molecule has 4 aromatic rings. The summed E-state index contributed by atoms with van der Waals surface area (Å²) >= 11 is 6.24. The van der Waals surface area contributed by atoms with Crippen molar-refractivity contribution in [3.05, 3.63) is 99.6 Å². The lowest BCUT2D eigenvalue weighted by molar-refractivity contribution is 0.102. The van der Waals surface area contributed by atoms with Crippen molar-refractivity contribution in [1.82, 2.24) is 19.6 Å². The van der Waals surface area contributed by atoms with Gasteiger partial charge in [-0.3, -0.25) is 14.2 Å². The molecule has 0 atom stereocenters. The number of hydrogen-bond donors (Lipinski definition) is 1. The zero-order valence-electron chi connectivity index (χ0n) is 17.8. The van der Waals surface area contributed by atoms with Crippen LogP contribution in [0.1, 0.15) is 38.4 Å². The van der Waals surface area contributed by atoms with Gasteiger partial charge in [0.1, 0.15) is 0 Å². The molecule has 158 valence electrons. The normalized spacial score (nSPS) is 11.0. The smallest absolute Gasteiger partial charge is 0.255 e. The summed E-state index contributed by atoms with van der Waals surface area (Å²) < 4.78 is 3.66. The van der Waals surface area contributed by atoms with Gasteiger partial charge in [0, 0.05) is 11.8 Å². The van der Waals surface area contributed by atoms with Crippen LogP contribution in [0.3, 0.4) is 0 Å². The van der Waals surface area contributed by atoms with Crippen molar-refractivity contribution in [3.8, 4) is 0 Å². The molecule has 2 aromatic carbocycles. The maximum atomic E-state index is 12.8. The molecule has 6 nitrogen and oxygen atoms in total. The minimum atomic E-state index is -0.178. The van der Waals surface area contributed by atoms with Crippen LogP contribution in [0.15, 0.2) is 60.9 Å². The van der Waals surface area contributed by atoms with Crippen LogP contribution >= 0.6 is 11.6 Å². The Hall–Kier alpha value is -3.38. The first-order valence-corrected chi connectivity index (χ1v) is 10.4. The Kier molecular flexibility index (Phi) is 5.91. The van der Waals surface area contributed by atoms with Gasteiger partial charge in [0.25, 0.3) is 5.91 Å². The SMILES string of the molecule is Cc1ccc(Cn2cc(NC(=O)c3cccc(Cn4nc(C)c(Cl)c4C)c3)cn2)cc1. The highest BCUT2D eigenvalue weighted by atomic mass is 35.5. The molecule has 0 radical (unpaired) electrons. The predicted octanol–water partition coefficient (Wildman–Crippen LogP) is 5.01. The van der Waals surface area contributed by atoms with E-state index in [0.717, 1.165) is 22.5 Å². The molecule has 7 heteroatoms. The van der Waals surface area contributed by atoms with E-state index >= 15 is 0 Å². The molecule has 0 aliphatic heterocycles. The molecule has 0 unspecified atom stereocenters. The van der Waals surface area contributed by atoms with Crippen molar-refractivity contribution in [1.29, 1.82) is 0 Å². The summed E-state index contributed by atoms with van der Waals surface area (Å²) in [4.78, 5) is 12.8. The van der Waals surface area contributed by atoms with Crippen molar-refractivity contribution in [2.24, 2.45) is 0 Å². The molecule has 0 bridgehead atoms. The molecule has 31 heavy (non-hydrogen) atoms. The molecule has 0 aliphatic rings. The number of aromatic nitrogens is 4. The predicted molar refractivity (Wildman–Crippen MR) is 123 cm³/mol. The Bertz CT molecular complexity index is 1220. The lowest BCUT2D eigenvalue weighted by atomic mass is 10.1. The first-order valence-electron chi connectivity index (χ1n) is 10.1. The Morgan fingerprint density at radius 2 is 1.81 bits per heavy atom. The highest BCUT2D eigenvalue weighted by Gasteiger charge is 2.12. The van der Waals surface area contributed by atoms with Crippen molar-refractivity contribution < 1.29 is 4.79 Å². The number of nitrogens with one attached hydrogen (secondary N) is 1. The maximum absolute atomic E-state index is 12.8. The fourth-order valence-corrected chi connectivity index (χ4v) is 3.55. The summed E-state index contributed by atoms with van der Waals surface area (Å²) in [5.41, 5.74) is 6.31. The van der Waals surface area contributed by atoms with Gasteiger partial charge in [-0.25, -0.2) is 0 Å². The van der Waals surface area contributed by atoms with E-state index < -0.39 is 0 Å². The zero-order chi connectivity index (χ0) is 22.0. The third kappa shape index (κ3) is 4.86. The molecular weight excluding hydrogens is 410 g/mol. The Labute approximate surface area is 186 Å². The highest BCUT2D eigenvalue weighted by molar-refractivity contribution is 6.31. The van der Waals surface area contributed by atoms with Crippen LogP contribution < -0.4 is 5.32 Å². The van der Waals surface area contributed by atoms with Crippen molar-refractivity contribution in [2.45, 2.75) is 33.9 Å². The molecule has 0 spiro atoms. The van der Waals surface area contributed by atoms with Gasteiger partial charge in [0.15, 0.2) is 0 Å². The molecule has 4 rings (SSSR count). The standard InChI is InChI=1S/C24H24ClN5O/c1-16-7-9-19(10-8-16)13-29-15-22(12-26-29)27-24(31)21-6-4-5-20(11-21)14-30-18(3)23(25)17(2)28-30/h4-12,15H,13-14H2,1-3H3,(H,27,31). The van der Waals surface area contributed by atoms with Gasteiger partial charge in [0.05, 0.1) is 41.4 Å². The molecule has 1 N–H and O–H groups in total. The lowest BCUT2D eigenvalue weighted by Gasteiger charge is -2.08. The summed E-state index contributed by atoms with van der Waals surface area (Å²) in [6, 6.07) is 15.8. The number of rotatable bonds is 6. The lowest BCUT2D eigenvalue weighted by Crippen LogP contribution is -2.12. The van der Waals surface area contributed by atoms with Crippen LogP contribution in [0.25, 0.3) is 0 Å². The van der Waals surface area contributed by atoms with Crippen LogP contribution in [0.2, 0.25) is 5.02 Å². The van der Waals surface area contributed by atoms with Crippen LogP contribution in [0.4, 0.5) is 5.69 Å². The summed E-state index contributed by atoms with van der Waals surface area (Å²) in [5.74, 6) is -0.178. The van der Waals surface area contributed by atoms with Gasteiger partial charge >= 0.3 is 0 Å². The van der Waals surface area contributed by atoms with E-state index in [1.807, 2.05) is 47.6 Å². The van der Waals surface area contributed by atoms with Crippen molar-refractivity contribution in [3.63, 3.8) is 0 Å². The van der Waals surface area contributed by atoms with Gasteiger partial charge in [0.2, 0.25) is 0 Å². The van der Waals surface area contributed by atoms with Crippen molar-refractivity contribution in [2.75, 3.05) is 5.32 Å². The summed E-state index contributed by atoms with van der Waals surface area (Å²) in [6.07, 6.45) is 3.49. The fraction of sp³-hybridized carbons (Fsp3) is 0.208. The van der Waals surface area contributed by atoms with Gasteiger partial charge in [-0.2, -0.15) is 10.2 Å². The van der Waals surface area contributed by atoms with E-state index in [0.29, 0.717) is 29.4 Å². The minimum absolute atomic E-state index is 0.178. The van der Waals surface area contributed by atoms with Crippen LogP contribution in [-0.4, -0.2) is 25.5 Å². The molecule has 1 amide bonds. The average Bonchev–Trinajstić information content (AvgIpc) is 3.29. The number of anilines is 1. The number of amides is 1. The van der Waals surface area contributed by atoms with Gasteiger partial charge in [-0.15, -0.1) is 0 Å². The quantitative estimate of drug-likeness (QED) is 0.465. The number of aryl methyl sites for hydroxylation is 2. The second kappa shape index (κ2) is 8.78. The first kappa shape index (κ1) is 20.9. The molecule has 0 fully saturated rings. The molecule has 2 heterocycles. The van der Waals surface area contributed by atoms with E-state index in [2.05, 4.69) is 46.7 Å². The second-order valence-corrected chi connectivity index (χ2v) is 8.09. The first-order chi connectivity index (χ1) is 14.9. The van der Waals surface area contributed by atoms with Crippen LogP contribution in [0.5, 0.6) is 0 Å². The number of benzene rings is 2. The highest BCUT2D eigenvalue weighted by Crippen LogP contribution is 2.20. The molecular formula is C24H24ClN5O. The topological polar surface area (TPSA) is 64.7 Å². The van der Waals surface area contributed by atoms with E-state index in [9.17, 15) is 4.79 Å². The Balaban J connectivity index is 1.43. The van der Waals surface area contributed by atoms with Gasteiger partial charge in [-0.1, -0.05) is 53.6 Å². The maximum Gasteiger partial charge on any atom is 0.255 e. The molecule has 0 saturated heterocycles. The summed E-state index contributed by atoms with van der Waals surface area (Å²) in [7, 11) is 0. The minimum Gasteiger partial charge on any atom is -0.319 e. The van der Waals surface area contributed by atoms with Crippen molar-refractivity contribution >= 4 is 23.2 Å². The van der Waals surface area contributed by atoms with Crippen LogP contribution in [-0.2, 0) is 13.1 Å². The third-order valence-electron chi connectivity index (χ3n) is 5.17. The Morgan fingerprint density at radius 1 is 1.03 bits per heavy atom. The third-order valence-corrected chi connectivity index (χ3v) is 5.72. The van der Waals surface area contributed by atoms with E-state index in [4.69, 9.17) is 11.6 Å². The van der Waals surface area contributed by atoms with E-state index in [1.54, 1.807) is 12.3 Å². The number of carbonyl (C=O) groups excluding carboxylic acids is 1. The van der Waals surface area contributed by atoms with Gasteiger partial charge in [-0.05, 0) is 44.0 Å². The average molecular weight is 434 g/mol. The monoisotopic (exact) mass is 433 g/mol. The van der Waals surface area contributed by atoms with E-state index in [-0.39, 0.29) is 5.91 Å². The number of nitrogens with zero attached hydrogens (tertiary/aromatic N) is 4. The molecule has 2 aromatic heterocycles. The number of halogens is 1. The fourth-order valence-electron chi connectivity index (χ4n) is 3.41. The molecule has 0 saturated carbocycles. The van der Waals surface area contributed by atoms with E-state index in [1.165, 1.54) is 5.56 Å². The number of carbonyl (C=O) groups is 1. The summed E-state index contributed by atoms with van der Waals surface area (Å²) in [5, 5.41) is 12.4. The Morgan fingerprint density at radius 3 is 2.52 bits per heavy atom. The van der Waals surface area contributed by atoms with Gasteiger partial charge < -0.3 is 5.32 Å². The largest absolute Gasteiger partial charge is 0.319 e. The summed E-state index contributed by atoms with van der Waals surface area (Å²) in [6.45, 7) is 7.08. The second-order valence-electron chi connectivity index (χ2n) is 7.71. The molecule has 0 aliphatic carbocycles.